The van der Waals surface area contributed by atoms with Gasteiger partial charge in [-0.3, -0.25) is 9.59 Å². The van der Waals surface area contributed by atoms with E-state index >= 15 is 0 Å². The number of nitrogens with zero attached hydrogens (tertiary/aromatic N) is 2. The first-order chi connectivity index (χ1) is 11.7. The van der Waals surface area contributed by atoms with Crippen LogP contribution >= 0.6 is 11.3 Å². The van der Waals surface area contributed by atoms with Gasteiger partial charge in [0.25, 0.3) is 5.56 Å². The van der Waals surface area contributed by atoms with Gasteiger partial charge in [0.05, 0.1) is 29.8 Å². The van der Waals surface area contributed by atoms with Crippen LogP contribution in [0.15, 0.2) is 47.3 Å². The summed E-state index contributed by atoms with van der Waals surface area (Å²) in [4.78, 5) is 32.4. The Kier molecular flexibility index (Phi) is 4.93. The summed E-state index contributed by atoms with van der Waals surface area (Å²) in [5.74, 6) is -0.214. The molecule has 24 heavy (non-hydrogen) atoms. The number of rotatable bonds is 5. The van der Waals surface area contributed by atoms with E-state index in [0.29, 0.717) is 21.8 Å². The van der Waals surface area contributed by atoms with Gasteiger partial charge in [-0.1, -0.05) is 18.2 Å². The Bertz CT molecular complexity index is 940. The van der Waals surface area contributed by atoms with E-state index in [1.807, 2.05) is 18.2 Å². The number of aliphatic hydroxyl groups excluding tert-OH is 1. The lowest BCUT2D eigenvalue weighted by atomic mass is 10.2. The van der Waals surface area contributed by atoms with E-state index in [4.69, 9.17) is 5.11 Å². The Morgan fingerprint density at radius 1 is 1.12 bits per heavy atom. The molecule has 1 amide bonds. The van der Waals surface area contributed by atoms with Crippen LogP contribution in [0.1, 0.15) is 5.69 Å². The van der Waals surface area contributed by atoms with Gasteiger partial charge in [0.2, 0.25) is 5.91 Å². The lowest BCUT2D eigenvalue weighted by molar-refractivity contribution is -0.120. The zero-order valence-corrected chi connectivity index (χ0v) is 13.5. The Morgan fingerprint density at radius 2 is 1.96 bits per heavy atom. The number of hydrogen-bond donors (Lipinski definition) is 2. The quantitative estimate of drug-likeness (QED) is 0.731. The average molecular weight is 341 g/mol. The molecule has 7 heteroatoms. The fourth-order valence-electron chi connectivity index (χ4n) is 2.24. The van der Waals surface area contributed by atoms with Crippen molar-refractivity contribution in [2.24, 2.45) is 0 Å². The SMILES string of the molecule is O=C(Cc1cccc(-c2nc(=O)c3ccccc3s2)n1)NCCO. The van der Waals surface area contributed by atoms with Crippen molar-refractivity contribution in [1.82, 2.24) is 15.3 Å². The Balaban J connectivity index is 1.91. The summed E-state index contributed by atoms with van der Waals surface area (Å²) in [6, 6.07) is 12.6. The fourth-order valence-corrected chi connectivity index (χ4v) is 3.21. The van der Waals surface area contributed by atoms with Crippen LogP contribution in [-0.2, 0) is 11.2 Å². The van der Waals surface area contributed by atoms with Gasteiger partial charge in [0.1, 0.15) is 5.01 Å². The maximum atomic E-state index is 12.1. The number of carbonyl (C=O) groups is 1. The highest BCUT2D eigenvalue weighted by Gasteiger charge is 2.10. The van der Waals surface area contributed by atoms with E-state index in [0.717, 1.165) is 4.70 Å². The summed E-state index contributed by atoms with van der Waals surface area (Å²) in [6.07, 6.45) is 0.107. The first kappa shape index (κ1) is 16.2. The molecule has 0 saturated carbocycles. The van der Waals surface area contributed by atoms with Gasteiger partial charge in [0, 0.05) is 11.2 Å². The second-order valence-corrected chi connectivity index (χ2v) is 6.12. The molecule has 2 aromatic heterocycles. The minimum Gasteiger partial charge on any atom is -0.395 e. The van der Waals surface area contributed by atoms with Crippen molar-refractivity contribution in [3.05, 3.63) is 58.5 Å². The first-order valence-corrected chi connectivity index (χ1v) is 8.23. The lowest BCUT2D eigenvalue weighted by Crippen LogP contribution is -2.28. The number of hydrogen-bond acceptors (Lipinski definition) is 6. The third-order valence-electron chi connectivity index (χ3n) is 3.33. The largest absolute Gasteiger partial charge is 0.395 e. The molecule has 0 saturated heterocycles. The van der Waals surface area contributed by atoms with Gasteiger partial charge in [-0.2, -0.15) is 4.98 Å². The van der Waals surface area contributed by atoms with Gasteiger partial charge in [-0.25, -0.2) is 4.98 Å². The second kappa shape index (κ2) is 7.29. The Hall–Kier alpha value is -2.64. The number of aliphatic hydroxyl groups is 1. The molecule has 2 heterocycles. The van der Waals surface area contributed by atoms with Crippen molar-refractivity contribution in [1.29, 1.82) is 0 Å². The standard InChI is InChI=1S/C17H15N3O3S/c21-9-8-18-15(22)10-11-4-3-6-13(19-11)17-20-16(23)12-5-1-2-7-14(12)24-17/h1-7,21H,8-10H2,(H,18,22). The normalized spacial score (nSPS) is 10.7. The molecule has 0 bridgehead atoms. The van der Waals surface area contributed by atoms with Crippen molar-refractivity contribution in [2.75, 3.05) is 13.2 Å². The molecule has 3 rings (SSSR count). The number of amides is 1. The predicted molar refractivity (Wildman–Crippen MR) is 92.9 cm³/mol. The maximum Gasteiger partial charge on any atom is 0.279 e. The monoisotopic (exact) mass is 341 g/mol. The fraction of sp³-hybridized carbons (Fsp3) is 0.176. The highest BCUT2D eigenvalue weighted by Crippen LogP contribution is 2.24. The molecule has 0 atom stereocenters. The topological polar surface area (TPSA) is 92.2 Å². The molecule has 0 unspecified atom stereocenters. The van der Waals surface area contributed by atoms with Crippen molar-refractivity contribution >= 4 is 27.3 Å². The predicted octanol–water partition coefficient (Wildman–Crippen LogP) is 1.37. The maximum absolute atomic E-state index is 12.1. The first-order valence-electron chi connectivity index (χ1n) is 7.41. The number of fused-ring (bicyclic) bond motifs is 1. The summed E-state index contributed by atoms with van der Waals surface area (Å²) in [7, 11) is 0. The van der Waals surface area contributed by atoms with E-state index < -0.39 is 0 Å². The minimum atomic E-state index is -0.285. The second-order valence-electron chi connectivity index (χ2n) is 5.08. The summed E-state index contributed by atoms with van der Waals surface area (Å²) < 4.78 is 0.848. The Morgan fingerprint density at radius 3 is 2.79 bits per heavy atom. The van der Waals surface area contributed by atoms with Gasteiger partial charge in [-0.15, -0.1) is 11.3 Å². The molecule has 0 aliphatic carbocycles. The zero-order chi connectivity index (χ0) is 16.9. The van der Waals surface area contributed by atoms with Gasteiger partial charge in [0.15, 0.2) is 0 Å². The highest BCUT2D eigenvalue weighted by atomic mass is 32.1. The van der Waals surface area contributed by atoms with Crippen LogP contribution in [0.4, 0.5) is 0 Å². The summed E-state index contributed by atoms with van der Waals surface area (Å²) in [6.45, 7) is 0.112. The van der Waals surface area contributed by atoms with Crippen LogP contribution in [-0.4, -0.2) is 34.1 Å². The number of pyridine rings is 1. The molecule has 0 spiro atoms. The van der Waals surface area contributed by atoms with Crippen LogP contribution in [0.25, 0.3) is 20.8 Å². The van der Waals surface area contributed by atoms with Crippen LogP contribution in [0.2, 0.25) is 0 Å². The van der Waals surface area contributed by atoms with Crippen molar-refractivity contribution in [3.8, 4) is 10.7 Å². The van der Waals surface area contributed by atoms with E-state index in [1.54, 1.807) is 24.3 Å². The number of carbonyl (C=O) groups excluding carboxylic acids is 1. The summed E-state index contributed by atoms with van der Waals surface area (Å²) in [5, 5.41) is 12.4. The molecule has 0 fully saturated rings. The molecular weight excluding hydrogens is 326 g/mol. The van der Waals surface area contributed by atoms with E-state index in [-0.39, 0.29) is 31.0 Å². The molecule has 1 aromatic carbocycles. The van der Waals surface area contributed by atoms with Crippen molar-refractivity contribution < 1.29 is 9.90 Å². The van der Waals surface area contributed by atoms with E-state index in [2.05, 4.69) is 15.3 Å². The van der Waals surface area contributed by atoms with Crippen LogP contribution in [0.3, 0.4) is 0 Å². The van der Waals surface area contributed by atoms with E-state index in [1.165, 1.54) is 11.3 Å². The van der Waals surface area contributed by atoms with Crippen molar-refractivity contribution in [3.63, 3.8) is 0 Å². The molecule has 122 valence electrons. The van der Waals surface area contributed by atoms with Crippen LogP contribution in [0.5, 0.6) is 0 Å². The smallest absolute Gasteiger partial charge is 0.279 e. The number of benzene rings is 1. The number of aromatic nitrogens is 2. The zero-order valence-electron chi connectivity index (χ0n) is 12.7. The third kappa shape index (κ3) is 3.64. The summed E-state index contributed by atoms with van der Waals surface area (Å²) in [5.41, 5.74) is 0.861. The molecule has 3 aromatic rings. The van der Waals surface area contributed by atoms with Crippen LogP contribution in [0, 0.1) is 0 Å². The van der Waals surface area contributed by atoms with Gasteiger partial charge < -0.3 is 10.4 Å². The molecule has 2 N–H and O–H groups in total. The average Bonchev–Trinajstić information content (AvgIpc) is 2.60. The molecule has 0 aliphatic heterocycles. The lowest BCUT2D eigenvalue weighted by Gasteiger charge is -2.05. The molecular formula is C17H15N3O3S. The van der Waals surface area contributed by atoms with Crippen LogP contribution < -0.4 is 10.9 Å². The third-order valence-corrected chi connectivity index (χ3v) is 4.40. The van der Waals surface area contributed by atoms with Crippen molar-refractivity contribution in [2.45, 2.75) is 6.42 Å². The molecule has 6 nitrogen and oxygen atoms in total. The minimum absolute atomic E-state index is 0.103. The number of nitrogens with one attached hydrogen (secondary N) is 1. The highest BCUT2D eigenvalue weighted by molar-refractivity contribution is 7.21. The molecule has 0 aliphatic rings. The Labute approximate surface area is 141 Å². The van der Waals surface area contributed by atoms with Gasteiger partial charge in [-0.05, 0) is 24.3 Å². The van der Waals surface area contributed by atoms with Gasteiger partial charge >= 0.3 is 0 Å². The molecule has 0 radical (unpaired) electrons. The van der Waals surface area contributed by atoms with E-state index in [9.17, 15) is 9.59 Å². The summed E-state index contributed by atoms with van der Waals surface area (Å²) >= 11 is 1.39.